The third-order valence-electron chi connectivity index (χ3n) is 1.83. The number of hydrogen-bond donors (Lipinski definition) is 0. The molecule has 1 aliphatic carbocycles. The van der Waals surface area contributed by atoms with E-state index in [9.17, 15) is 0 Å². The van der Waals surface area contributed by atoms with E-state index < -0.39 is 0 Å². The van der Waals surface area contributed by atoms with Crippen LogP contribution in [0.3, 0.4) is 0 Å². The zero-order valence-electron chi connectivity index (χ0n) is 8.45. The van der Waals surface area contributed by atoms with E-state index in [0.29, 0.717) is 5.92 Å². The lowest BCUT2D eigenvalue weighted by Crippen LogP contribution is -2.16. The van der Waals surface area contributed by atoms with Gasteiger partial charge >= 0.3 is 0 Å². The molecule has 1 aliphatic rings. The van der Waals surface area contributed by atoms with Crippen LogP contribution < -0.4 is 9.75 Å². The standard InChI is InChI=1S/C10H10S.C2H6/c1-8-3-2-4-9-5-6-11-10(9)7-8;1-2/h2-8H,1H3;1-2H3. The maximum atomic E-state index is 2.31. The molecule has 1 unspecified atom stereocenters. The van der Waals surface area contributed by atoms with Crippen molar-refractivity contribution < 1.29 is 0 Å². The lowest BCUT2D eigenvalue weighted by molar-refractivity contribution is 1.00. The van der Waals surface area contributed by atoms with Gasteiger partial charge in [-0.25, -0.2) is 0 Å². The number of allylic oxidation sites excluding steroid dienone is 2. The van der Waals surface area contributed by atoms with E-state index in [1.54, 1.807) is 0 Å². The summed E-state index contributed by atoms with van der Waals surface area (Å²) in [6.45, 7) is 6.21. The van der Waals surface area contributed by atoms with E-state index in [-0.39, 0.29) is 0 Å². The molecule has 0 spiro atoms. The van der Waals surface area contributed by atoms with E-state index in [0.717, 1.165) is 0 Å². The van der Waals surface area contributed by atoms with Gasteiger partial charge in [0.25, 0.3) is 0 Å². The van der Waals surface area contributed by atoms with Crippen LogP contribution in [0.5, 0.6) is 0 Å². The van der Waals surface area contributed by atoms with Gasteiger partial charge in [-0.3, -0.25) is 0 Å². The minimum atomic E-state index is 0.575. The summed E-state index contributed by atoms with van der Waals surface area (Å²) in [4.78, 5) is 0. The van der Waals surface area contributed by atoms with Crippen molar-refractivity contribution in [1.29, 1.82) is 0 Å². The van der Waals surface area contributed by atoms with Crippen LogP contribution in [0.1, 0.15) is 20.8 Å². The van der Waals surface area contributed by atoms with Crippen LogP contribution in [0.25, 0.3) is 12.2 Å². The summed E-state index contributed by atoms with van der Waals surface area (Å²) < 4.78 is 1.41. The third kappa shape index (κ3) is 2.56. The topological polar surface area (TPSA) is 0 Å². The lowest BCUT2D eigenvalue weighted by atomic mass is 10.2. The van der Waals surface area contributed by atoms with E-state index in [1.807, 2.05) is 25.2 Å². The first kappa shape index (κ1) is 10.3. The fraction of sp³-hybridized carbons (Fsp3) is 0.333. The Labute approximate surface area is 83.9 Å². The van der Waals surface area contributed by atoms with Crippen molar-refractivity contribution in [2.75, 3.05) is 0 Å². The van der Waals surface area contributed by atoms with Crippen LogP contribution in [0.4, 0.5) is 0 Å². The molecule has 1 aromatic heterocycles. The maximum Gasteiger partial charge on any atom is 0.0308 e. The van der Waals surface area contributed by atoms with Crippen molar-refractivity contribution in [3.8, 4) is 0 Å². The quantitative estimate of drug-likeness (QED) is 0.592. The Hall–Kier alpha value is -0.820. The summed E-state index contributed by atoms with van der Waals surface area (Å²) in [5.41, 5.74) is 0. The zero-order chi connectivity index (χ0) is 9.68. The second kappa shape index (κ2) is 5.03. The van der Waals surface area contributed by atoms with Crippen molar-refractivity contribution >= 4 is 23.5 Å². The van der Waals surface area contributed by atoms with Crippen LogP contribution in [-0.4, -0.2) is 0 Å². The first-order valence-corrected chi connectivity index (χ1v) is 5.68. The second-order valence-corrected chi connectivity index (χ2v) is 3.77. The average molecular weight is 192 g/mol. The molecule has 0 nitrogen and oxygen atoms in total. The SMILES string of the molecule is CC.CC1C=CC=c2ccsc2=C1. The summed E-state index contributed by atoms with van der Waals surface area (Å²) in [5.74, 6) is 0.575. The fourth-order valence-corrected chi connectivity index (χ4v) is 2.16. The Morgan fingerprint density at radius 3 is 2.85 bits per heavy atom. The van der Waals surface area contributed by atoms with Gasteiger partial charge < -0.3 is 0 Å². The van der Waals surface area contributed by atoms with Crippen LogP contribution >= 0.6 is 11.3 Å². The Morgan fingerprint density at radius 1 is 1.31 bits per heavy atom. The highest BCUT2D eigenvalue weighted by molar-refractivity contribution is 7.07. The summed E-state index contributed by atoms with van der Waals surface area (Å²) in [5, 5.41) is 3.50. The normalized spacial score (nSPS) is 18.5. The molecule has 0 aromatic carbocycles. The number of thiophene rings is 1. The van der Waals surface area contributed by atoms with Gasteiger partial charge in [-0.05, 0) is 22.6 Å². The molecular weight excluding hydrogens is 176 g/mol. The highest BCUT2D eigenvalue weighted by atomic mass is 32.1. The minimum Gasteiger partial charge on any atom is -0.144 e. The van der Waals surface area contributed by atoms with E-state index >= 15 is 0 Å². The highest BCUT2D eigenvalue weighted by Crippen LogP contribution is 2.01. The predicted octanol–water partition coefficient (Wildman–Crippen LogP) is 2.54. The van der Waals surface area contributed by atoms with E-state index in [1.165, 1.54) is 9.75 Å². The van der Waals surface area contributed by atoms with E-state index in [2.05, 4.69) is 42.7 Å². The van der Waals surface area contributed by atoms with Gasteiger partial charge in [0, 0.05) is 4.53 Å². The molecule has 0 amide bonds. The predicted molar refractivity (Wildman–Crippen MR) is 62.2 cm³/mol. The largest absolute Gasteiger partial charge is 0.144 e. The van der Waals surface area contributed by atoms with Crippen molar-refractivity contribution in [3.05, 3.63) is 33.3 Å². The summed E-state index contributed by atoms with van der Waals surface area (Å²) in [6.07, 6.45) is 8.83. The van der Waals surface area contributed by atoms with Gasteiger partial charge in [-0.2, -0.15) is 0 Å². The highest BCUT2D eigenvalue weighted by Gasteiger charge is 1.94. The molecule has 13 heavy (non-hydrogen) atoms. The Kier molecular flexibility index (Phi) is 3.97. The molecule has 1 atom stereocenters. The smallest absolute Gasteiger partial charge is 0.0308 e. The third-order valence-corrected chi connectivity index (χ3v) is 2.73. The van der Waals surface area contributed by atoms with Crippen molar-refractivity contribution in [3.63, 3.8) is 0 Å². The minimum absolute atomic E-state index is 0.575. The molecule has 0 saturated heterocycles. The molecule has 1 heterocycles. The molecule has 70 valence electrons. The summed E-state index contributed by atoms with van der Waals surface area (Å²) in [6, 6.07) is 2.17. The van der Waals surface area contributed by atoms with Gasteiger partial charge in [0.05, 0.1) is 0 Å². The van der Waals surface area contributed by atoms with Gasteiger partial charge in [-0.15, -0.1) is 11.3 Å². The number of fused-ring (bicyclic) bond motifs is 1. The van der Waals surface area contributed by atoms with Gasteiger partial charge in [0.2, 0.25) is 0 Å². The number of hydrogen-bond acceptors (Lipinski definition) is 1. The van der Waals surface area contributed by atoms with Crippen molar-refractivity contribution in [2.24, 2.45) is 5.92 Å². The fourth-order valence-electron chi connectivity index (χ4n) is 1.23. The lowest BCUT2D eigenvalue weighted by Gasteiger charge is -1.91. The van der Waals surface area contributed by atoms with Crippen LogP contribution in [0.2, 0.25) is 0 Å². The Morgan fingerprint density at radius 2 is 2.08 bits per heavy atom. The van der Waals surface area contributed by atoms with Crippen molar-refractivity contribution in [2.45, 2.75) is 20.8 Å². The summed E-state index contributed by atoms with van der Waals surface area (Å²) in [7, 11) is 0. The summed E-state index contributed by atoms with van der Waals surface area (Å²) >= 11 is 1.82. The molecule has 1 heteroatoms. The molecule has 0 saturated carbocycles. The maximum absolute atomic E-state index is 2.31. The van der Waals surface area contributed by atoms with Gasteiger partial charge in [0.15, 0.2) is 0 Å². The first-order valence-electron chi connectivity index (χ1n) is 4.80. The Balaban J connectivity index is 0.000000396. The molecule has 0 N–H and O–H groups in total. The molecular formula is C12H16S. The van der Waals surface area contributed by atoms with Crippen LogP contribution in [0, 0.1) is 5.92 Å². The van der Waals surface area contributed by atoms with Gasteiger partial charge in [0.1, 0.15) is 0 Å². The van der Waals surface area contributed by atoms with Crippen molar-refractivity contribution in [1.82, 2.24) is 0 Å². The molecule has 0 bridgehead atoms. The molecule has 2 rings (SSSR count). The van der Waals surface area contributed by atoms with E-state index in [4.69, 9.17) is 0 Å². The van der Waals surface area contributed by atoms with Crippen LogP contribution in [-0.2, 0) is 0 Å². The van der Waals surface area contributed by atoms with Gasteiger partial charge in [-0.1, -0.05) is 45.1 Å². The molecule has 0 radical (unpaired) electrons. The Bertz CT molecular complexity index is 382. The molecule has 0 fully saturated rings. The monoisotopic (exact) mass is 192 g/mol. The number of rotatable bonds is 0. The first-order chi connectivity index (χ1) is 6.36. The molecule has 0 aliphatic heterocycles. The van der Waals surface area contributed by atoms with Crippen LogP contribution in [0.15, 0.2) is 23.6 Å². The zero-order valence-corrected chi connectivity index (χ0v) is 9.27. The molecule has 1 aromatic rings. The second-order valence-electron chi connectivity index (χ2n) is 2.82. The average Bonchev–Trinajstić information content (AvgIpc) is 2.50.